The fourth-order valence-electron chi connectivity index (χ4n) is 0.866. The lowest BCUT2D eigenvalue weighted by Crippen LogP contribution is -2.27. The molecule has 4 heteroatoms. The summed E-state index contributed by atoms with van der Waals surface area (Å²) in [5.41, 5.74) is 0. The fourth-order valence-corrected chi connectivity index (χ4v) is 2.60. The number of hydrogen-bond donors (Lipinski definition) is 1. The molecule has 0 aromatic carbocycles. The van der Waals surface area contributed by atoms with Gasteiger partial charge >= 0.3 is 0 Å². The van der Waals surface area contributed by atoms with Gasteiger partial charge in [-0.25, -0.2) is 5.09 Å². The predicted molar refractivity (Wildman–Crippen MR) is 52.7 cm³/mol. The quantitative estimate of drug-likeness (QED) is 0.697. The molecule has 0 bridgehead atoms. The van der Waals surface area contributed by atoms with Gasteiger partial charge in [0.2, 0.25) is 0 Å². The van der Waals surface area contributed by atoms with Crippen molar-refractivity contribution in [2.24, 2.45) is 0 Å². The molecule has 0 saturated heterocycles. The second kappa shape index (κ2) is 4.40. The van der Waals surface area contributed by atoms with E-state index >= 15 is 0 Å². The first kappa shape index (κ1) is 12.2. The summed E-state index contributed by atoms with van der Waals surface area (Å²) in [5, 5.41) is 2.61. The Hall–Kier alpha value is 0.150. The van der Waals surface area contributed by atoms with Crippen LogP contribution in [-0.2, 0) is 9.09 Å². The van der Waals surface area contributed by atoms with Crippen molar-refractivity contribution in [2.75, 3.05) is 13.2 Å². The molecular weight excluding hydrogens is 173 g/mol. The van der Waals surface area contributed by atoms with E-state index in [1.165, 1.54) is 0 Å². The molecule has 0 amide bonds. The highest BCUT2D eigenvalue weighted by Gasteiger charge is 2.36. The van der Waals surface area contributed by atoms with Crippen molar-refractivity contribution in [1.82, 2.24) is 5.09 Å². The van der Waals surface area contributed by atoms with E-state index < -0.39 is 7.52 Å². The van der Waals surface area contributed by atoms with E-state index in [1.54, 1.807) is 0 Å². The summed E-state index contributed by atoms with van der Waals surface area (Å²) in [5.74, 6) is 0. The van der Waals surface area contributed by atoms with Gasteiger partial charge in [-0.2, -0.15) is 0 Å². The molecule has 1 N–H and O–H groups in total. The summed E-state index contributed by atoms with van der Waals surface area (Å²) in [7, 11) is -2.65. The third-order valence-electron chi connectivity index (χ3n) is 1.56. The Labute approximate surface area is 75.4 Å². The van der Waals surface area contributed by atoms with E-state index in [-0.39, 0.29) is 5.16 Å². The van der Waals surface area contributed by atoms with Gasteiger partial charge in [-0.1, -0.05) is 6.92 Å². The second-order valence-electron chi connectivity index (χ2n) is 3.65. The second-order valence-corrected chi connectivity index (χ2v) is 6.67. The van der Waals surface area contributed by atoms with Crippen LogP contribution in [0.15, 0.2) is 0 Å². The molecule has 0 aromatic rings. The Balaban J connectivity index is 4.51. The highest BCUT2D eigenvalue weighted by atomic mass is 31.2. The summed E-state index contributed by atoms with van der Waals surface area (Å²) >= 11 is 0. The van der Waals surface area contributed by atoms with Crippen molar-refractivity contribution in [3.05, 3.63) is 0 Å². The van der Waals surface area contributed by atoms with Crippen molar-refractivity contribution >= 4 is 7.52 Å². The number of hydrogen-bond acceptors (Lipinski definition) is 2. The van der Waals surface area contributed by atoms with Gasteiger partial charge in [0.1, 0.15) is 0 Å². The largest absolute Gasteiger partial charge is 0.317 e. The van der Waals surface area contributed by atoms with Crippen molar-refractivity contribution in [2.45, 2.75) is 39.8 Å². The molecule has 0 spiro atoms. The molecule has 0 saturated carbocycles. The summed E-state index contributed by atoms with van der Waals surface area (Å²) in [6.07, 6.45) is 0. The van der Waals surface area contributed by atoms with E-state index in [2.05, 4.69) is 5.09 Å². The van der Waals surface area contributed by atoms with E-state index in [1.807, 2.05) is 34.6 Å². The van der Waals surface area contributed by atoms with E-state index in [0.717, 1.165) is 0 Å². The lowest BCUT2D eigenvalue weighted by atomic mass is 10.3. The van der Waals surface area contributed by atoms with Gasteiger partial charge in [0, 0.05) is 6.54 Å². The van der Waals surface area contributed by atoms with Gasteiger partial charge in [0.25, 0.3) is 7.52 Å². The summed E-state index contributed by atoms with van der Waals surface area (Å²) in [4.78, 5) is 0. The average molecular weight is 193 g/mol. The van der Waals surface area contributed by atoms with E-state index in [9.17, 15) is 4.57 Å². The molecule has 1 atom stereocenters. The zero-order chi connectivity index (χ0) is 9.83. The predicted octanol–water partition coefficient (Wildman–Crippen LogP) is 2.62. The minimum absolute atomic E-state index is 0.320. The van der Waals surface area contributed by atoms with Crippen LogP contribution in [0.5, 0.6) is 0 Å². The smallest absolute Gasteiger partial charge is 0.274 e. The minimum Gasteiger partial charge on any atom is -0.317 e. The van der Waals surface area contributed by atoms with Crippen molar-refractivity contribution in [1.29, 1.82) is 0 Å². The van der Waals surface area contributed by atoms with Crippen LogP contribution in [0.1, 0.15) is 34.6 Å². The first-order valence-corrected chi connectivity index (χ1v) is 5.99. The molecule has 3 nitrogen and oxygen atoms in total. The third-order valence-corrected chi connectivity index (χ3v) is 4.68. The molecule has 0 rings (SSSR count). The van der Waals surface area contributed by atoms with Crippen LogP contribution < -0.4 is 5.09 Å². The van der Waals surface area contributed by atoms with Crippen LogP contribution in [0.4, 0.5) is 0 Å². The fraction of sp³-hybridized carbons (Fsp3) is 1.00. The average Bonchev–Trinajstić information content (AvgIpc) is 1.86. The van der Waals surface area contributed by atoms with E-state index in [4.69, 9.17) is 4.52 Å². The first-order valence-electron chi connectivity index (χ1n) is 4.37. The maximum absolute atomic E-state index is 12.1. The van der Waals surface area contributed by atoms with Crippen LogP contribution in [-0.4, -0.2) is 18.3 Å². The maximum atomic E-state index is 12.1. The Bertz CT molecular complexity index is 164. The van der Waals surface area contributed by atoms with Gasteiger partial charge in [-0.3, -0.25) is 4.57 Å². The highest BCUT2D eigenvalue weighted by molar-refractivity contribution is 7.58. The maximum Gasteiger partial charge on any atom is 0.274 e. The molecule has 0 radical (unpaired) electrons. The highest BCUT2D eigenvalue weighted by Crippen LogP contribution is 2.54. The number of rotatable bonds is 4. The van der Waals surface area contributed by atoms with Crippen molar-refractivity contribution < 1.29 is 9.09 Å². The van der Waals surface area contributed by atoms with Crippen molar-refractivity contribution in [3.63, 3.8) is 0 Å². The van der Waals surface area contributed by atoms with Crippen LogP contribution in [0.3, 0.4) is 0 Å². The Morgan fingerprint density at radius 1 is 1.33 bits per heavy atom. The zero-order valence-corrected chi connectivity index (χ0v) is 9.57. The molecule has 74 valence electrons. The summed E-state index contributed by atoms with van der Waals surface area (Å²) < 4.78 is 17.4. The molecule has 0 fully saturated rings. The van der Waals surface area contributed by atoms with Gasteiger partial charge < -0.3 is 4.52 Å². The number of nitrogens with one attached hydrogen (secondary N) is 1. The van der Waals surface area contributed by atoms with Gasteiger partial charge in [0.05, 0.1) is 11.8 Å². The summed E-state index contributed by atoms with van der Waals surface area (Å²) in [6, 6.07) is 0. The molecule has 0 aromatic heterocycles. The lowest BCUT2D eigenvalue weighted by molar-refractivity contribution is 0.308. The molecular formula is C8H20NO2P. The van der Waals surface area contributed by atoms with Crippen molar-refractivity contribution in [3.8, 4) is 0 Å². The minimum atomic E-state index is -2.65. The molecule has 0 aliphatic carbocycles. The third kappa shape index (κ3) is 2.89. The first-order chi connectivity index (χ1) is 5.37. The standard InChI is InChI=1S/C8H20NO2P/c1-6-9-12(10,11-7-2)8(3,4)5/h6-7H2,1-5H3,(H,9,10). The van der Waals surface area contributed by atoms with Crippen LogP contribution in [0, 0.1) is 0 Å². The summed E-state index contributed by atoms with van der Waals surface area (Å²) in [6.45, 7) is 10.7. The van der Waals surface area contributed by atoms with E-state index in [0.29, 0.717) is 13.2 Å². The molecule has 0 aliphatic rings. The van der Waals surface area contributed by atoms with Gasteiger partial charge in [-0.05, 0) is 27.7 Å². The SMILES string of the molecule is CCNP(=O)(OCC)C(C)(C)C. The molecule has 0 aliphatic heterocycles. The Morgan fingerprint density at radius 3 is 2.08 bits per heavy atom. The lowest BCUT2D eigenvalue weighted by Gasteiger charge is -2.30. The zero-order valence-electron chi connectivity index (χ0n) is 8.68. The molecule has 12 heavy (non-hydrogen) atoms. The van der Waals surface area contributed by atoms with Crippen LogP contribution in [0.25, 0.3) is 0 Å². The van der Waals surface area contributed by atoms with Gasteiger partial charge in [0.15, 0.2) is 0 Å². The molecule has 0 heterocycles. The van der Waals surface area contributed by atoms with Crippen LogP contribution in [0.2, 0.25) is 0 Å². The molecule has 1 unspecified atom stereocenters. The monoisotopic (exact) mass is 193 g/mol. The van der Waals surface area contributed by atoms with Gasteiger partial charge in [-0.15, -0.1) is 0 Å². The Kier molecular flexibility index (Phi) is 4.46. The Morgan fingerprint density at radius 2 is 1.83 bits per heavy atom. The normalized spacial score (nSPS) is 17.4. The topological polar surface area (TPSA) is 38.3 Å². The van der Waals surface area contributed by atoms with Crippen LogP contribution >= 0.6 is 7.52 Å².